The molecule has 3 rings (SSSR count). The first-order valence-corrected chi connectivity index (χ1v) is 12.0. The molecule has 9 nitrogen and oxygen atoms in total. The lowest BCUT2D eigenvalue weighted by Gasteiger charge is -2.14. The zero-order chi connectivity index (χ0) is 24.0. The topological polar surface area (TPSA) is 137 Å². The Morgan fingerprint density at radius 2 is 1.67 bits per heavy atom. The number of aromatic nitrogens is 2. The van der Waals surface area contributed by atoms with Gasteiger partial charge in [0, 0.05) is 19.3 Å². The molecule has 0 saturated carbocycles. The number of aryl methyl sites for hydroxylation is 1. The fourth-order valence-corrected chi connectivity index (χ4v) is 3.80. The molecule has 2 aromatic carbocycles. The Morgan fingerprint density at radius 3 is 2.27 bits per heavy atom. The van der Waals surface area contributed by atoms with Gasteiger partial charge in [0.05, 0.1) is 10.6 Å². The maximum absolute atomic E-state index is 13.1. The number of benzene rings is 2. The highest BCUT2D eigenvalue weighted by Gasteiger charge is 2.17. The zero-order valence-electron chi connectivity index (χ0n) is 18.2. The van der Waals surface area contributed by atoms with Crippen LogP contribution in [0.3, 0.4) is 0 Å². The number of hydrogen-bond acceptors (Lipinski definition) is 6. The van der Waals surface area contributed by atoms with E-state index in [-0.39, 0.29) is 23.5 Å². The van der Waals surface area contributed by atoms with E-state index < -0.39 is 27.2 Å². The maximum Gasteiger partial charge on any atom is 0.333 e. The molecule has 1 heterocycles. The second-order valence-corrected chi connectivity index (χ2v) is 9.08. The molecule has 0 aliphatic carbocycles. The number of aromatic hydroxyl groups is 1. The Hall–Kier alpha value is -3.50. The summed E-state index contributed by atoms with van der Waals surface area (Å²) < 4.78 is 25.1. The monoisotopic (exact) mass is 470 g/mol. The number of sulfonamides is 1. The van der Waals surface area contributed by atoms with Crippen molar-refractivity contribution in [3.05, 3.63) is 86.6 Å². The van der Waals surface area contributed by atoms with E-state index in [0.29, 0.717) is 18.5 Å². The molecule has 0 aliphatic rings. The largest absolute Gasteiger partial charge is 0.494 e. The molecule has 0 spiro atoms. The maximum atomic E-state index is 13.1. The van der Waals surface area contributed by atoms with Gasteiger partial charge in [0.25, 0.3) is 5.56 Å². The van der Waals surface area contributed by atoms with Gasteiger partial charge in [-0.25, -0.2) is 18.4 Å². The van der Waals surface area contributed by atoms with Crippen LogP contribution in [-0.2, 0) is 29.5 Å². The summed E-state index contributed by atoms with van der Waals surface area (Å²) in [6.45, 7) is 2.37. The van der Waals surface area contributed by atoms with E-state index in [1.165, 1.54) is 35.0 Å². The predicted octanol–water partition coefficient (Wildman–Crippen LogP) is 2.16. The Balaban J connectivity index is 2.01. The van der Waals surface area contributed by atoms with Crippen molar-refractivity contribution in [1.29, 1.82) is 0 Å². The minimum atomic E-state index is -3.84. The minimum Gasteiger partial charge on any atom is -0.494 e. The standard InChI is InChI=1S/C23H26N4O5S/c1-2-3-14-26-21(28)20(16-25-18-9-11-19(12-10-18)33(24,31)32)22(29)27(23(26)30)15-13-17-7-5-4-6-8-17/h4-12,16,28H,2-3,13-15H2,1H3,(H2,24,31,32). The highest BCUT2D eigenvalue weighted by atomic mass is 32.2. The molecule has 0 amide bonds. The molecule has 10 heteroatoms. The highest BCUT2D eigenvalue weighted by molar-refractivity contribution is 7.89. The van der Waals surface area contributed by atoms with Gasteiger partial charge in [0.1, 0.15) is 5.56 Å². The summed E-state index contributed by atoms with van der Waals surface area (Å²) in [4.78, 5) is 30.1. The Morgan fingerprint density at radius 1 is 1.00 bits per heavy atom. The second-order valence-electron chi connectivity index (χ2n) is 7.51. The van der Waals surface area contributed by atoms with Crippen LogP contribution in [0, 0.1) is 0 Å². The average Bonchev–Trinajstić information content (AvgIpc) is 2.79. The summed E-state index contributed by atoms with van der Waals surface area (Å²) in [5, 5.41) is 15.8. The van der Waals surface area contributed by atoms with Crippen molar-refractivity contribution in [1.82, 2.24) is 9.13 Å². The van der Waals surface area contributed by atoms with E-state index in [2.05, 4.69) is 4.99 Å². The van der Waals surface area contributed by atoms with Crippen molar-refractivity contribution in [2.24, 2.45) is 10.1 Å². The number of hydrogen-bond donors (Lipinski definition) is 2. The van der Waals surface area contributed by atoms with Crippen LogP contribution in [0.2, 0.25) is 0 Å². The normalized spacial score (nSPS) is 11.8. The first kappa shape index (κ1) is 24.1. The Kier molecular flexibility index (Phi) is 7.62. The SMILES string of the molecule is CCCCn1c(O)c(C=Nc2ccc(S(N)(=O)=O)cc2)c(=O)n(CCc2ccccc2)c1=O. The molecule has 33 heavy (non-hydrogen) atoms. The molecule has 3 aromatic rings. The third-order valence-corrected chi connectivity index (χ3v) is 6.07. The van der Waals surface area contributed by atoms with E-state index in [1.807, 2.05) is 37.3 Å². The Bertz CT molecular complexity index is 1360. The third-order valence-electron chi connectivity index (χ3n) is 5.14. The van der Waals surface area contributed by atoms with E-state index in [9.17, 15) is 23.1 Å². The van der Waals surface area contributed by atoms with Crippen LogP contribution in [0.25, 0.3) is 0 Å². The van der Waals surface area contributed by atoms with Gasteiger partial charge in [-0.3, -0.25) is 18.9 Å². The molecule has 0 fully saturated rings. The molecular weight excluding hydrogens is 444 g/mol. The van der Waals surface area contributed by atoms with Crippen molar-refractivity contribution in [3.63, 3.8) is 0 Å². The van der Waals surface area contributed by atoms with E-state index in [0.717, 1.165) is 16.6 Å². The van der Waals surface area contributed by atoms with E-state index in [4.69, 9.17) is 5.14 Å². The Labute approximate surface area is 191 Å². The molecule has 0 bridgehead atoms. The van der Waals surface area contributed by atoms with Crippen molar-refractivity contribution in [2.45, 2.75) is 44.2 Å². The molecule has 1 aromatic heterocycles. The number of unbranched alkanes of at least 4 members (excludes halogenated alkanes) is 1. The molecule has 0 saturated heterocycles. The molecular formula is C23H26N4O5S. The fourth-order valence-electron chi connectivity index (χ4n) is 3.28. The van der Waals surface area contributed by atoms with Crippen LogP contribution in [0.5, 0.6) is 5.88 Å². The average molecular weight is 471 g/mol. The van der Waals surface area contributed by atoms with Gasteiger partial charge in [-0.15, -0.1) is 0 Å². The lowest BCUT2D eigenvalue weighted by molar-refractivity contribution is 0.382. The summed E-state index contributed by atoms with van der Waals surface area (Å²) in [5.41, 5.74) is -0.0117. The second kappa shape index (κ2) is 10.4. The van der Waals surface area contributed by atoms with Crippen LogP contribution < -0.4 is 16.4 Å². The minimum absolute atomic E-state index is 0.0688. The van der Waals surface area contributed by atoms with E-state index in [1.54, 1.807) is 0 Å². The molecule has 3 N–H and O–H groups in total. The highest BCUT2D eigenvalue weighted by Crippen LogP contribution is 2.17. The zero-order valence-corrected chi connectivity index (χ0v) is 19.0. The third kappa shape index (κ3) is 5.85. The molecule has 0 atom stereocenters. The van der Waals surface area contributed by atoms with Crippen LogP contribution in [0.4, 0.5) is 5.69 Å². The number of aliphatic imine (C=N–C) groups is 1. The summed E-state index contributed by atoms with van der Waals surface area (Å²) in [7, 11) is -3.84. The molecule has 0 aliphatic heterocycles. The van der Waals surface area contributed by atoms with Crippen LogP contribution in [0.15, 0.2) is 74.1 Å². The predicted molar refractivity (Wildman–Crippen MR) is 127 cm³/mol. The summed E-state index contributed by atoms with van der Waals surface area (Å²) in [6, 6.07) is 14.9. The number of nitrogens with two attached hydrogens (primary N) is 1. The van der Waals surface area contributed by atoms with Gasteiger partial charge in [-0.2, -0.15) is 0 Å². The first-order valence-electron chi connectivity index (χ1n) is 10.5. The van der Waals surface area contributed by atoms with Gasteiger partial charge >= 0.3 is 5.69 Å². The lowest BCUT2D eigenvalue weighted by Crippen LogP contribution is -2.42. The van der Waals surface area contributed by atoms with Crippen LogP contribution in [0.1, 0.15) is 30.9 Å². The number of rotatable bonds is 9. The number of primary sulfonamides is 1. The summed E-state index contributed by atoms with van der Waals surface area (Å²) >= 11 is 0. The summed E-state index contributed by atoms with van der Waals surface area (Å²) in [6.07, 6.45) is 3.11. The molecule has 174 valence electrons. The fraction of sp³-hybridized carbons (Fsp3) is 0.261. The van der Waals surface area contributed by atoms with E-state index >= 15 is 0 Å². The van der Waals surface area contributed by atoms with Gasteiger partial charge in [0.2, 0.25) is 15.9 Å². The first-order chi connectivity index (χ1) is 15.7. The van der Waals surface area contributed by atoms with Gasteiger partial charge < -0.3 is 5.11 Å². The molecule has 0 unspecified atom stereocenters. The van der Waals surface area contributed by atoms with Crippen LogP contribution >= 0.6 is 0 Å². The quantitative estimate of drug-likeness (QED) is 0.462. The van der Waals surface area contributed by atoms with Crippen LogP contribution in [-0.4, -0.2) is 28.9 Å². The van der Waals surface area contributed by atoms with Crippen molar-refractivity contribution >= 4 is 21.9 Å². The summed E-state index contributed by atoms with van der Waals surface area (Å²) in [5.74, 6) is -0.445. The van der Waals surface area contributed by atoms with Gasteiger partial charge in [-0.1, -0.05) is 43.7 Å². The van der Waals surface area contributed by atoms with Crippen molar-refractivity contribution in [2.75, 3.05) is 0 Å². The van der Waals surface area contributed by atoms with Gasteiger partial charge in [-0.05, 0) is 42.7 Å². The number of nitrogens with zero attached hydrogens (tertiary/aromatic N) is 3. The smallest absolute Gasteiger partial charge is 0.333 e. The van der Waals surface area contributed by atoms with Gasteiger partial charge in [0.15, 0.2) is 0 Å². The van der Waals surface area contributed by atoms with Crippen molar-refractivity contribution < 1.29 is 13.5 Å². The van der Waals surface area contributed by atoms with Crippen molar-refractivity contribution in [3.8, 4) is 5.88 Å². The lowest BCUT2D eigenvalue weighted by atomic mass is 10.1. The molecule has 0 radical (unpaired) electrons.